The van der Waals surface area contributed by atoms with E-state index in [2.05, 4.69) is 0 Å². The maximum Gasteiger partial charge on any atom is 0.266 e. The lowest BCUT2D eigenvalue weighted by molar-refractivity contribution is -0.126. The van der Waals surface area contributed by atoms with E-state index in [1.165, 1.54) is 16.0 Å². The van der Waals surface area contributed by atoms with Crippen molar-refractivity contribution in [2.75, 3.05) is 9.96 Å². The summed E-state index contributed by atoms with van der Waals surface area (Å²) in [5, 5.41) is 14.4. The Morgan fingerprint density at radius 3 is 2.34 bits per heavy atom. The van der Waals surface area contributed by atoms with E-state index < -0.39 is 29.9 Å². The smallest absolute Gasteiger partial charge is 0.266 e. The Morgan fingerprint density at radius 1 is 0.829 bits per heavy atom. The number of phenols is 1. The van der Waals surface area contributed by atoms with Crippen LogP contribution in [0.2, 0.25) is 10.0 Å². The van der Waals surface area contributed by atoms with Gasteiger partial charge in [0.2, 0.25) is 5.91 Å². The number of benzene rings is 4. The highest BCUT2D eigenvalue weighted by molar-refractivity contribution is 6.35. The molecule has 4 aromatic carbocycles. The topological polar surface area (TPSA) is 70.1 Å². The second kappa shape index (κ2) is 8.27. The average Bonchev–Trinajstić information content (AvgIpc) is 3.37. The van der Waals surface area contributed by atoms with Crippen LogP contribution < -0.4 is 9.96 Å². The first-order chi connectivity index (χ1) is 17.0. The van der Waals surface area contributed by atoms with Gasteiger partial charge in [-0.1, -0.05) is 77.8 Å². The van der Waals surface area contributed by atoms with E-state index in [0.717, 1.165) is 10.8 Å². The van der Waals surface area contributed by atoms with Gasteiger partial charge in [-0.05, 0) is 35.7 Å². The normalized spacial score (nSPS) is 21.7. The zero-order valence-corrected chi connectivity index (χ0v) is 19.6. The molecule has 6 rings (SSSR count). The van der Waals surface area contributed by atoms with Crippen molar-refractivity contribution in [3.05, 3.63) is 101 Å². The number of rotatable bonds is 3. The van der Waals surface area contributed by atoms with E-state index in [1.54, 1.807) is 24.3 Å². The maximum atomic E-state index is 13.9. The molecule has 4 aromatic rings. The first-order valence-electron chi connectivity index (χ1n) is 11.0. The van der Waals surface area contributed by atoms with Crippen LogP contribution >= 0.6 is 23.2 Å². The molecule has 2 heterocycles. The number of nitrogens with zero attached hydrogens (tertiary/aromatic N) is 2. The van der Waals surface area contributed by atoms with E-state index >= 15 is 0 Å². The zero-order chi connectivity index (χ0) is 24.3. The number of carbonyl (C=O) groups excluding carboxylic acids is 2. The molecule has 2 aliphatic heterocycles. The Kier molecular flexibility index (Phi) is 5.18. The van der Waals surface area contributed by atoms with Crippen LogP contribution in [0, 0.1) is 5.92 Å². The van der Waals surface area contributed by atoms with Crippen molar-refractivity contribution < 1.29 is 19.5 Å². The number of hydrogen-bond donors (Lipinski definition) is 1. The third kappa shape index (κ3) is 3.37. The summed E-state index contributed by atoms with van der Waals surface area (Å²) in [6, 6.07) is 24.3. The molecule has 6 nitrogen and oxygen atoms in total. The van der Waals surface area contributed by atoms with Gasteiger partial charge in [0.15, 0.2) is 6.10 Å². The SMILES string of the molecule is O=C1[C@H]2[C@@H](ON(c3ccccc3)[C@H]2c2cc(Cl)cc(Cl)c2O)C(=O)N1c1cccc2ccccc12. The number of halogens is 2. The molecule has 3 atom stereocenters. The van der Waals surface area contributed by atoms with Gasteiger partial charge >= 0.3 is 0 Å². The number of fused-ring (bicyclic) bond motifs is 2. The molecule has 0 aliphatic carbocycles. The summed E-state index contributed by atoms with van der Waals surface area (Å²) in [6.45, 7) is 0. The van der Waals surface area contributed by atoms with E-state index in [0.29, 0.717) is 22.0 Å². The monoisotopic (exact) mass is 504 g/mol. The molecule has 0 saturated carbocycles. The Bertz CT molecular complexity index is 1490. The maximum absolute atomic E-state index is 13.9. The summed E-state index contributed by atoms with van der Waals surface area (Å²) in [4.78, 5) is 34.9. The molecule has 1 N–H and O–H groups in total. The third-order valence-corrected chi connectivity index (χ3v) is 7.02. The number of imide groups is 1. The van der Waals surface area contributed by atoms with Gasteiger partial charge in [0.05, 0.1) is 22.4 Å². The van der Waals surface area contributed by atoms with Gasteiger partial charge in [0, 0.05) is 16.0 Å². The fraction of sp³-hybridized carbons (Fsp3) is 0.111. The molecular formula is C27H18Cl2N2O4. The lowest BCUT2D eigenvalue weighted by Gasteiger charge is -2.29. The van der Waals surface area contributed by atoms with Gasteiger partial charge in [0.1, 0.15) is 11.7 Å². The number of hydroxylamine groups is 1. The molecule has 2 amide bonds. The predicted molar refractivity (Wildman–Crippen MR) is 135 cm³/mol. The third-order valence-electron chi connectivity index (χ3n) is 6.51. The number of anilines is 2. The lowest BCUT2D eigenvalue weighted by Crippen LogP contribution is -2.37. The van der Waals surface area contributed by atoms with Crippen LogP contribution in [0.25, 0.3) is 10.8 Å². The highest BCUT2D eigenvalue weighted by Crippen LogP contribution is 2.51. The molecular weight excluding hydrogens is 487 g/mol. The van der Waals surface area contributed by atoms with E-state index in [1.807, 2.05) is 54.6 Å². The number of carbonyl (C=O) groups is 2. The summed E-state index contributed by atoms with van der Waals surface area (Å²) in [7, 11) is 0. The van der Waals surface area contributed by atoms with E-state index in [-0.39, 0.29) is 10.8 Å². The summed E-state index contributed by atoms with van der Waals surface area (Å²) >= 11 is 12.5. The molecule has 2 saturated heterocycles. The van der Waals surface area contributed by atoms with Gasteiger partial charge in [-0.3, -0.25) is 14.4 Å². The van der Waals surface area contributed by atoms with Crippen molar-refractivity contribution in [2.45, 2.75) is 12.1 Å². The molecule has 0 bridgehead atoms. The van der Waals surface area contributed by atoms with Crippen LogP contribution in [0.4, 0.5) is 11.4 Å². The molecule has 174 valence electrons. The van der Waals surface area contributed by atoms with Crippen molar-refractivity contribution in [3.63, 3.8) is 0 Å². The number of aromatic hydroxyl groups is 1. The van der Waals surface area contributed by atoms with Crippen LogP contribution in [0.1, 0.15) is 11.6 Å². The standard InChI is InChI=1S/C27H18Cl2N2O4/c28-16-13-19(24(32)20(29)14-16)23-22-25(35-31(23)17-9-2-1-3-10-17)27(34)30(26(22)33)21-12-6-8-15-7-4-5-11-18(15)21/h1-14,22-23,25,32H/t22-,23+,25-/m1/s1. The summed E-state index contributed by atoms with van der Waals surface area (Å²) in [5.41, 5.74) is 1.42. The fourth-order valence-electron chi connectivity index (χ4n) is 4.98. The molecule has 2 aliphatic rings. The average molecular weight is 505 g/mol. The van der Waals surface area contributed by atoms with E-state index in [4.69, 9.17) is 28.0 Å². The largest absolute Gasteiger partial charge is 0.506 e. The summed E-state index contributed by atoms with van der Waals surface area (Å²) in [5.74, 6) is -2.03. The van der Waals surface area contributed by atoms with Crippen LogP contribution in [-0.2, 0) is 14.4 Å². The molecule has 0 spiro atoms. The minimum absolute atomic E-state index is 0.0478. The van der Waals surface area contributed by atoms with Crippen LogP contribution in [-0.4, -0.2) is 23.0 Å². The van der Waals surface area contributed by atoms with Crippen molar-refractivity contribution in [3.8, 4) is 5.75 Å². The highest BCUT2D eigenvalue weighted by Gasteiger charge is 2.61. The Hall–Kier alpha value is -3.58. The van der Waals surface area contributed by atoms with E-state index in [9.17, 15) is 14.7 Å². The Balaban J connectivity index is 1.51. The second-order valence-electron chi connectivity index (χ2n) is 8.49. The van der Waals surface area contributed by atoms with Crippen molar-refractivity contribution >= 4 is 57.2 Å². The minimum Gasteiger partial charge on any atom is -0.506 e. The molecule has 0 radical (unpaired) electrons. The van der Waals surface area contributed by atoms with Crippen LogP contribution in [0.5, 0.6) is 5.75 Å². The minimum atomic E-state index is -1.08. The van der Waals surface area contributed by atoms with Gasteiger partial charge < -0.3 is 5.11 Å². The number of amides is 2. The molecule has 35 heavy (non-hydrogen) atoms. The highest BCUT2D eigenvalue weighted by atomic mass is 35.5. The first kappa shape index (κ1) is 21.9. The quantitative estimate of drug-likeness (QED) is 0.351. The fourth-order valence-corrected chi connectivity index (χ4v) is 5.49. The molecule has 0 unspecified atom stereocenters. The van der Waals surface area contributed by atoms with Gasteiger partial charge in [-0.15, -0.1) is 0 Å². The molecule has 8 heteroatoms. The Labute approximate surface area is 210 Å². The van der Waals surface area contributed by atoms with Gasteiger partial charge in [0.25, 0.3) is 5.91 Å². The summed E-state index contributed by atoms with van der Waals surface area (Å²) in [6.07, 6.45) is -1.08. The van der Waals surface area contributed by atoms with Crippen molar-refractivity contribution in [1.82, 2.24) is 0 Å². The number of para-hydroxylation sites is 1. The number of hydrogen-bond acceptors (Lipinski definition) is 5. The number of phenolic OH excluding ortho intramolecular Hbond substituents is 1. The van der Waals surface area contributed by atoms with Crippen LogP contribution in [0.3, 0.4) is 0 Å². The first-order valence-corrected chi connectivity index (χ1v) is 11.8. The molecule has 0 aromatic heterocycles. The van der Waals surface area contributed by atoms with Gasteiger partial charge in [-0.25, -0.2) is 9.96 Å². The lowest BCUT2D eigenvalue weighted by atomic mass is 9.90. The summed E-state index contributed by atoms with van der Waals surface area (Å²) < 4.78 is 0. The van der Waals surface area contributed by atoms with Gasteiger partial charge in [-0.2, -0.15) is 0 Å². The second-order valence-corrected chi connectivity index (χ2v) is 9.34. The predicted octanol–water partition coefficient (Wildman–Crippen LogP) is 5.90. The Morgan fingerprint density at radius 2 is 1.54 bits per heavy atom. The zero-order valence-electron chi connectivity index (χ0n) is 18.1. The molecule has 2 fully saturated rings. The van der Waals surface area contributed by atoms with Crippen molar-refractivity contribution in [1.29, 1.82) is 0 Å². The van der Waals surface area contributed by atoms with Crippen LogP contribution in [0.15, 0.2) is 84.9 Å². The van der Waals surface area contributed by atoms with Crippen molar-refractivity contribution in [2.24, 2.45) is 5.92 Å².